The predicted molar refractivity (Wildman–Crippen MR) is 102 cm³/mol. The van der Waals surface area contributed by atoms with Gasteiger partial charge in [0, 0.05) is 5.57 Å². The molecule has 0 aromatic carbocycles. The van der Waals surface area contributed by atoms with E-state index >= 15 is 0 Å². The average molecular weight is 347 g/mol. The van der Waals surface area contributed by atoms with Gasteiger partial charge in [0.25, 0.3) is 0 Å². The molecule has 3 atom stereocenters. The van der Waals surface area contributed by atoms with E-state index in [1.807, 2.05) is 13.0 Å². The first-order valence-corrected chi connectivity index (χ1v) is 9.60. The van der Waals surface area contributed by atoms with Crippen LogP contribution in [0.2, 0.25) is 0 Å². The monoisotopic (exact) mass is 346 g/mol. The van der Waals surface area contributed by atoms with Crippen LogP contribution in [0.5, 0.6) is 0 Å². The number of hydrogen-bond donors (Lipinski definition) is 0. The van der Waals surface area contributed by atoms with Crippen molar-refractivity contribution in [3.8, 4) is 0 Å². The van der Waals surface area contributed by atoms with E-state index in [0.29, 0.717) is 12.7 Å². The molecule has 2 rings (SSSR count). The summed E-state index contributed by atoms with van der Waals surface area (Å²) in [5, 5.41) is 0. The van der Waals surface area contributed by atoms with Crippen LogP contribution in [-0.2, 0) is 14.3 Å². The highest BCUT2D eigenvalue weighted by Gasteiger charge is 2.48. The summed E-state index contributed by atoms with van der Waals surface area (Å²) in [6.45, 7) is 14.8. The first-order chi connectivity index (χ1) is 11.8. The molecule has 0 bridgehead atoms. The number of esters is 1. The second-order valence-electron chi connectivity index (χ2n) is 8.03. The molecule has 0 saturated carbocycles. The van der Waals surface area contributed by atoms with Crippen LogP contribution >= 0.6 is 0 Å². The van der Waals surface area contributed by atoms with Gasteiger partial charge in [-0.25, -0.2) is 4.79 Å². The Bertz CT molecular complexity index is 586. The fourth-order valence-corrected chi connectivity index (χ4v) is 3.78. The Morgan fingerprint density at radius 1 is 1.44 bits per heavy atom. The quantitative estimate of drug-likeness (QED) is 0.330. The molecule has 1 heterocycles. The van der Waals surface area contributed by atoms with Crippen LogP contribution in [-0.4, -0.2) is 24.3 Å². The summed E-state index contributed by atoms with van der Waals surface area (Å²) in [5.74, 6) is -0.124. The molecule has 3 nitrogen and oxygen atoms in total. The SMILES string of the molecule is C=C[C@]1(C)OC1CC/C(C)=C/C[C@@]1(C)CCCC(C(=O)OCC)=C1C. The highest BCUT2D eigenvalue weighted by Crippen LogP contribution is 2.44. The van der Waals surface area contributed by atoms with Crippen molar-refractivity contribution in [3.05, 3.63) is 35.5 Å². The molecule has 2 aliphatic rings. The Morgan fingerprint density at radius 2 is 2.16 bits per heavy atom. The fourth-order valence-electron chi connectivity index (χ4n) is 3.78. The summed E-state index contributed by atoms with van der Waals surface area (Å²) in [7, 11) is 0. The molecule has 3 heteroatoms. The lowest BCUT2D eigenvalue weighted by Crippen LogP contribution is -2.26. The largest absolute Gasteiger partial charge is 0.463 e. The van der Waals surface area contributed by atoms with E-state index in [-0.39, 0.29) is 17.0 Å². The van der Waals surface area contributed by atoms with Crippen molar-refractivity contribution >= 4 is 5.97 Å². The van der Waals surface area contributed by atoms with Crippen LogP contribution in [0.15, 0.2) is 35.5 Å². The smallest absolute Gasteiger partial charge is 0.333 e. The molecular formula is C22H34O3. The van der Waals surface area contributed by atoms with E-state index in [0.717, 1.165) is 44.1 Å². The van der Waals surface area contributed by atoms with E-state index in [1.165, 1.54) is 11.1 Å². The molecule has 1 aliphatic heterocycles. The van der Waals surface area contributed by atoms with Gasteiger partial charge in [0.05, 0.1) is 12.7 Å². The van der Waals surface area contributed by atoms with Gasteiger partial charge < -0.3 is 9.47 Å². The molecular weight excluding hydrogens is 312 g/mol. The number of ether oxygens (including phenoxy) is 2. The average Bonchev–Trinajstić information content (AvgIpc) is 3.25. The van der Waals surface area contributed by atoms with E-state index in [1.54, 1.807) is 0 Å². The topological polar surface area (TPSA) is 38.8 Å². The van der Waals surface area contributed by atoms with Crippen LogP contribution in [0.3, 0.4) is 0 Å². The zero-order valence-corrected chi connectivity index (χ0v) is 16.6. The van der Waals surface area contributed by atoms with Gasteiger partial charge in [-0.3, -0.25) is 0 Å². The van der Waals surface area contributed by atoms with Crippen molar-refractivity contribution in [3.63, 3.8) is 0 Å². The van der Waals surface area contributed by atoms with Gasteiger partial charge in [0.15, 0.2) is 0 Å². The van der Waals surface area contributed by atoms with Crippen molar-refractivity contribution in [2.75, 3.05) is 6.61 Å². The summed E-state index contributed by atoms with van der Waals surface area (Å²) >= 11 is 0. The molecule has 0 spiro atoms. The molecule has 1 unspecified atom stereocenters. The number of allylic oxidation sites excluding steroid dienone is 3. The van der Waals surface area contributed by atoms with Gasteiger partial charge in [-0.1, -0.05) is 30.2 Å². The third-order valence-corrected chi connectivity index (χ3v) is 6.12. The van der Waals surface area contributed by atoms with Crippen molar-refractivity contribution in [2.24, 2.45) is 5.41 Å². The lowest BCUT2D eigenvalue weighted by Gasteiger charge is -2.35. The normalized spacial score (nSPS) is 32.5. The maximum atomic E-state index is 12.2. The first-order valence-electron chi connectivity index (χ1n) is 9.60. The molecule has 25 heavy (non-hydrogen) atoms. The molecule has 1 aliphatic carbocycles. The second-order valence-corrected chi connectivity index (χ2v) is 8.03. The lowest BCUT2D eigenvalue weighted by molar-refractivity contribution is -0.139. The molecule has 0 aromatic rings. The number of epoxide rings is 1. The summed E-state index contributed by atoms with van der Waals surface area (Å²) < 4.78 is 10.9. The summed E-state index contributed by atoms with van der Waals surface area (Å²) in [4.78, 5) is 12.2. The van der Waals surface area contributed by atoms with Gasteiger partial charge in [-0.2, -0.15) is 0 Å². The molecule has 0 amide bonds. The van der Waals surface area contributed by atoms with Crippen molar-refractivity contribution in [2.45, 2.75) is 84.8 Å². The van der Waals surface area contributed by atoms with Crippen molar-refractivity contribution < 1.29 is 14.3 Å². The van der Waals surface area contributed by atoms with Gasteiger partial charge >= 0.3 is 5.97 Å². The highest BCUT2D eigenvalue weighted by atomic mass is 16.6. The van der Waals surface area contributed by atoms with Crippen LogP contribution in [0, 0.1) is 5.41 Å². The lowest BCUT2D eigenvalue weighted by atomic mass is 9.69. The van der Waals surface area contributed by atoms with E-state index in [9.17, 15) is 4.79 Å². The van der Waals surface area contributed by atoms with E-state index in [2.05, 4.69) is 40.3 Å². The van der Waals surface area contributed by atoms with Crippen LogP contribution in [0.25, 0.3) is 0 Å². The second kappa shape index (κ2) is 7.90. The molecule has 1 saturated heterocycles. The predicted octanol–water partition coefficient (Wildman–Crippen LogP) is 5.52. The van der Waals surface area contributed by atoms with E-state index in [4.69, 9.17) is 9.47 Å². The zero-order chi connectivity index (χ0) is 18.7. The van der Waals surface area contributed by atoms with Gasteiger partial charge in [-0.15, -0.1) is 6.58 Å². The minimum Gasteiger partial charge on any atom is -0.463 e. The highest BCUT2D eigenvalue weighted by molar-refractivity contribution is 5.89. The number of carbonyl (C=O) groups excluding carboxylic acids is 1. The standard InChI is InChI=1S/C22H34O3/c1-7-22(6)19(25-22)12-11-16(3)13-15-21(5)14-9-10-18(17(21)4)20(23)24-8-2/h7,13,19H,1,8-12,14-15H2,2-6H3/b16-13+/t19?,21-,22+/m1/s1. The Kier molecular flexibility index (Phi) is 6.31. The maximum Gasteiger partial charge on any atom is 0.333 e. The summed E-state index contributed by atoms with van der Waals surface area (Å²) in [6.07, 6.45) is 10.7. The fraction of sp³-hybridized carbons (Fsp3) is 0.682. The Hall–Kier alpha value is -1.35. The summed E-state index contributed by atoms with van der Waals surface area (Å²) in [5.41, 5.74) is 3.47. The molecule has 140 valence electrons. The van der Waals surface area contributed by atoms with Crippen LogP contribution in [0.4, 0.5) is 0 Å². The van der Waals surface area contributed by atoms with E-state index < -0.39 is 0 Å². The number of hydrogen-bond acceptors (Lipinski definition) is 3. The van der Waals surface area contributed by atoms with Crippen LogP contribution in [0.1, 0.15) is 73.1 Å². The zero-order valence-electron chi connectivity index (χ0n) is 16.6. The first kappa shape index (κ1) is 20.0. The Labute approximate surface area is 153 Å². The molecule has 0 aromatic heterocycles. The van der Waals surface area contributed by atoms with Crippen LogP contribution < -0.4 is 0 Å². The number of rotatable bonds is 8. The van der Waals surface area contributed by atoms with Crippen molar-refractivity contribution in [1.29, 1.82) is 0 Å². The third-order valence-electron chi connectivity index (χ3n) is 6.12. The third kappa shape index (κ3) is 4.63. The molecule has 1 fully saturated rings. The summed E-state index contributed by atoms with van der Waals surface area (Å²) in [6, 6.07) is 0. The Balaban J connectivity index is 1.96. The molecule has 0 N–H and O–H groups in total. The van der Waals surface area contributed by atoms with Gasteiger partial charge in [-0.05, 0) is 71.6 Å². The minimum atomic E-state index is -0.124. The van der Waals surface area contributed by atoms with Gasteiger partial charge in [0.1, 0.15) is 5.60 Å². The number of carbonyl (C=O) groups is 1. The maximum absolute atomic E-state index is 12.2. The minimum absolute atomic E-state index is 0.0628. The Morgan fingerprint density at radius 3 is 2.76 bits per heavy atom. The molecule has 0 radical (unpaired) electrons. The van der Waals surface area contributed by atoms with Crippen molar-refractivity contribution in [1.82, 2.24) is 0 Å². The van der Waals surface area contributed by atoms with Gasteiger partial charge in [0.2, 0.25) is 0 Å².